The van der Waals surface area contributed by atoms with Crippen molar-refractivity contribution in [2.45, 2.75) is 0 Å². The van der Waals surface area contributed by atoms with Gasteiger partial charge >= 0.3 is 0 Å². The topological polar surface area (TPSA) is 67.5 Å². The maximum absolute atomic E-state index is 7.53. The second-order valence-electron chi connectivity index (χ2n) is 0.774. The molecule has 0 saturated heterocycles. The molecule has 0 fully saturated rings. The quantitative estimate of drug-likeness (QED) is 0.236. The Balaban J connectivity index is 2.34. The molecule has 0 heterocycles. The second kappa shape index (κ2) is 4.84. The summed E-state index contributed by atoms with van der Waals surface area (Å²) in [4.78, 5) is 3.45. The highest BCUT2D eigenvalue weighted by Crippen LogP contribution is 1.47. The minimum absolute atomic E-state index is 0.459. The molecule has 0 aromatic rings. The van der Waals surface area contributed by atoms with Gasteiger partial charge in [-0.15, -0.1) is 4.99 Å². The third-order valence-corrected chi connectivity index (χ3v) is 0.311. The Kier molecular flexibility index (Phi) is 4.71. The van der Waals surface area contributed by atoms with Gasteiger partial charge in [0.05, 0.1) is 0 Å². The van der Waals surface area contributed by atoms with Crippen molar-refractivity contribution in [2.24, 2.45) is 5.73 Å². The molecule has 0 aliphatic heterocycles. The molecule has 0 bridgehead atoms. The molecule has 0 aliphatic carbocycles. The zero-order valence-corrected chi connectivity index (χ0v) is 3.35. The monoisotopic (exact) mass is 92.1 g/mol. The molecule has 0 aromatic carbocycles. The highest BCUT2D eigenvalue weighted by Gasteiger charge is 1.72. The standard InChI is InChI=1S/C2H8N2O2/c3-1-2-4-6-5/h4-5H,1-3H2. The molecule has 6 heavy (non-hydrogen) atoms. The van der Waals surface area contributed by atoms with Gasteiger partial charge in [-0.25, -0.2) is 5.26 Å². The molecule has 0 amide bonds. The lowest BCUT2D eigenvalue weighted by atomic mass is 10.7. The van der Waals surface area contributed by atoms with Gasteiger partial charge in [-0.05, 0) is 0 Å². The van der Waals surface area contributed by atoms with Crippen LogP contribution in [0.5, 0.6) is 0 Å². The molecule has 4 N–H and O–H groups in total. The average molecular weight is 92.1 g/mol. The molecule has 0 aromatic heterocycles. The van der Waals surface area contributed by atoms with E-state index in [1.807, 2.05) is 0 Å². The van der Waals surface area contributed by atoms with E-state index >= 15 is 0 Å². The fraction of sp³-hybridized carbons (Fsp3) is 1.00. The first kappa shape index (κ1) is 5.84. The smallest absolute Gasteiger partial charge is 0.0362 e. The molecule has 4 nitrogen and oxygen atoms in total. The predicted molar refractivity (Wildman–Crippen MR) is 20.8 cm³/mol. The fourth-order valence-electron chi connectivity index (χ4n) is 0.105. The Morgan fingerprint density at radius 3 is 2.67 bits per heavy atom. The second-order valence-corrected chi connectivity index (χ2v) is 0.774. The van der Waals surface area contributed by atoms with E-state index in [9.17, 15) is 0 Å². The van der Waals surface area contributed by atoms with Crippen molar-refractivity contribution in [1.82, 2.24) is 5.48 Å². The number of hydrogen-bond donors (Lipinski definition) is 3. The van der Waals surface area contributed by atoms with Gasteiger partial charge in [0.15, 0.2) is 0 Å². The van der Waals surface area contributed by atoms with E-state index in [-0.39, 0.29) is 0 Å². The van der Waals surface area contributed by atoms with Gasteiger partial charge in [0.25, 0.3) is 0 Å². The number of nitrogens with two attached hydrogens (primary N) is 1. The van der Waals surface area contributed by atoms with Crippen molar-refractivity contribution in [3.63, 3.8) is 0 Å². The third kappa shape index (κ3) is 3.84. The van der Waals surface area contributed by atoms with Crippen molar-refractivity contribution >= 4 is 0 Å². The van der Waals surface area contributed by atoms with Crippen LogP contribution in [0.15, 0.2) is 0 Å². The maximum atomic E-state index is 7.53. The summed E-state index contributed by atoms with van der Waals surface area (Å²) in [5, 5.41) is 7.53. The minimum atomic E-state index is 0.459. The van der Waals surface area contributed by atoms with E-state index in [0.29, 0.717) is 13.1 Å². The van der Waals surface area contributed by atoms with Gasteiger partial charge in [-0.1, -0.05) is 0 Å². The zero-order chi connectivity index (χ0) is 4.83. The largest absolute Gasteiger partial charge is 0.329 e. The van der Waals surface area contributed by atoms with E-state index in [1.165, 1.54) is 0 Å². The first-order valence-corrected chi connectivity index (χ1v) is 1.65. The van der Waals surface area contributed by atoms with Crippen molar-refractivity contribution in [1.29, 1.82) is 0 Å². The normalized spacial score (nSPS) is 9.00. The molecular weight excluding hydrogens is 84.0 g/mol. The van der Waals surface area contributed by atoms with Gasteiger partial charge < -0.3 is 5.73 Å². The van der Waals surface area contributed by atoms with Gasteiger partial charge in [0.2, 0.25) is 0 Å². The zero-order valence-electron chi connectivity index (χ0n) is 3.35. The summed E-state index contributed by atoms with van der Waals surface area (Å²) in [5.41, 5.74) is 7.09. The molecular formula is C2H8N2O2. The summed E-state index contributed by atoms with van der Waals surface area (Å²) in [5.74, 6) is 0. The van der Waals surface area contributed by atoms with Gasteiger partial charge in [-0.2, -0.15) is 5.48 Å². The summed E-state index contributed by atoms with van der Waals surface area (Å²) in [7, 11) is 0. The molecule has 4 heteroatoms. The Morgan fingerprint density at radius 1 is 1.83 bits per heavy atom. The molecule has 0 unspecified atom stereocenters. The summed E-state index contributed by atoms with van der Waals surface area (Å²) >= 11 is 0. The Hall–Kier alpha value is -0.160. The van der Waals surface area contributed by atoms with Crippen molar-refractivity contribution in [3.8, 4) is 0 Å². The molecule has 0 atom stereocenters. The first-order valence-electron chi connectivity index (χ1n) is 1.65. The number of rotatable bonds is 3. The average Bonchev–Trinajstić information content (AvgIpc) is 1.61. The molecule has 0 radical (unpaired) electrons. The highest BCUT2D eigenvalue weighted by molar-refractivity contribution is 4.29. The fourth-order valence-corrected chi connectivity index (χ4v) is 0.105. The minimum Gasteiger partial charge on any atom is -0.329 e. The SMILES string of the molecule is NCCNOO. The maximum Gasteiger partial charge on any atom is 0.0362 e. The lowest BCUT2D eigenvalue weighted by Gasteiger charge is -1.90. The first-order chi connectivity index (χ1) is 2.91. The van der Waals surface area contributed by atoms with E-state index in [0.717, 1.165) is 0 Å². The number of hydroxylamine groups is 1. The van der Waals surface area contributed by atoms with Crippen LogP contribution in [0, 0.1) is 0 Å². The summed E-state index contributed by atoms with van der Waals surface area (Å²) < 4.78 is 0. The van der Waals surface area contributed by atoms with E-state index in [4.69, 9.17) is 11.0 Å². The van der Waals surface area contributed by atoms with Crippen LogP contribution in [0.2, 0.25) is 0 Å². The Labute approximate surface area is 35.8 Å². The number of hydrogen-bond acceptors (Lipinski definition) is 4. The summed E-state index contributed by atoms with van der Waals surface area (Å²) in [6, 6.07) is 0. The molecule has 0 aliphatic rings. The molecule has 0 saturated carbocycles. The molecule has 0 rings (SSSR count). The van der Waals surface area contributed by atoms with Crippen LogP contribution in [0.25, 0.3) is 0 Å². The summed E-state index contributed by atoms with van der Waals surface area (Å²) in [6.45, 7) is 0.928. The lowest BCUT2D eigenvalue weighted by molar-refractivity contribution is -0.290. The highest BCUT2D eigenvalue weighted by atomic mass is 17.2. The van der Waals surface area contributed by atoms with E-state index < -0.39 is 0 Å². The van der Waals surface area contributed by atoms with Gasteiger partial charge in [-0.3, -0.25) is 0 Å². The third-order valence-electron chi connectivity index (χ3n) is 0.311. The van der Waals surface area contributed by atoms with E-state index in [1.54, 1.807) is 0 Å². The molecule has 38 valence electrons. The Morgan fingerprint density at radius 2 is 2.50 bits per heavy atom. The van der Waals surface area contributed by atoms with Crippen LogP contribution in [0.3, 0.4) is 0 Å². The van der Waals surface area contributed by atoms with Crippen LogP contribution in [-0.4, -0.2) is 18.3 Å². The van der Waals surface area contributed by atoms with Crippen LogP contribution in [0.4, 0.5) is 0 Å². The van der Waals surface area contributed by atoms with Crippen LogP contribution >= 0.6 is 0 Å². The van der Waals surface area contributed by atoms with Crippen molar-refractivity contribution < 1.29 is 10.2 Å². The van der Waals surface area contributed by atoms with Gasteiger partial charge in [0, 0.05) is 13.1 Å². The van der Waals surface area contributed by atoms with Crippen molar-refractivity contribution in [2.75, 3.05) is 13.1 Å². The molecule has 0 spiro atoms. The van der Waals surface area contributed by atoms with E-state index in [2.05, 4.69) is 10.5 Å². The summed E-state index contributed by atoms with van der Waals surface area (Å²) in [6.07, 6.45) is 0. The van der Waals surface area contributed by atoms with Crippen LogP contribution in [0.1, 0.15) is 0 Å². The van der Waals surface area contributed by atoms with Crippen LogP contribution in [-0.2, 0) is 4.99 Å². The Bertz CT molecular complexity index is 21.5. The van der Waals surface area contributed by atoms with Crippen LogP contribution < -0.4 is 11.2 Å². The number of nitrogens with one attached hydrogen (secondary N) is 1. The lowest BCUT2D eigenvalue weighted by Crippen LogP contribution is -2.21. The van der Waals surface area contributed by atoms with Crippen molar-refractivity contribution in [3.05, 3.63) is 0 Å². The van der Waals surface area contributed by atoms with Gasteiger partial charge in [0.1, 0.15) is 0 Å². The predicted octanol–water partition coefficient (Wildman–Crippen LogP) is -1.06.